The lowest BCUT2D eigenvalue weighted by Gasteiger charge is -2.29. The average Bonchev–Trinajstić information content (AvgIpc) is 3.18. The number of pyridine rings is 2. The Balaban J connectivity index is 1.50. The van der Waals surface area contributed by atoms with Gasteiger partial charge in [-0.3, -0.25) is 15.4 Å². The van der Waals surface area contributed by atoms with Gasteiger partial charge >= 0.3 is 0 Å². The van der Waals surface area contributed by atoms with E-state index in [1.165, 1.54) is 5.56 Å². The SMILES string of the molecule is CN1CC/C(=N/NC(=S)N2CCCC2c2cccnc2)c2ncccc21. The molecule has 0 aliphatic carbocycles. The Hall–Kier alpha value is -2.54. The molecule has 7 heteroatoms. The molecule has 26 heavy (non-hydrogen) atoms. The second-order valence-electron chi connectivity index (χ2n) is 6.66. The summed E-state index contributed by atoms with van der Waals surface area (Å²) in [5.74, 6) is 0. The molecule has 0 radical (unpaired) electrons. The number of nitrogens with zero attached hydrogens (tertiary/aromatic N) is 5. The van der Waals surface area contributed by atoms with Gasteiger partial charge in [0.15, 0.2) is 5.11 Å². The van der Waals surface area contributed by atoms with Crippen molar-refractivity contribution in [3.63, 3.8) is 0 Å². The van der Waals surface area contributed by atoms with Crippen molar-refractivity contribution in [2.45, 2.75) is 25.3 Å². The molecule has 2 aliphatic rings. The lowest BCUT2D eigenvalue weighted by atomic mass is 10.1. The van der Waals surface area contributed by atoms with Crippen LogP contribution in [0.1, 0.15) is 36.6 Å². The van der Waals surface area contributed by atoms with Gasteiger partial charge in [0, 0.05) is 45.1 Å². The third kappa shape index (κ3) is 3.26. The van der Waals surface area contributed by atoms with Crippen LogP contribution in [0.5, 0.6) is 0 Å². The summed E-state index contributed by atoms with van der Waals surface area (Å²) in [4.78, 5) is 13.2. The van der Waals surface area contributed by atoms with Crippen molar-refractivity contribution >= 4 is 28.7 Å². The van der Waals surface area contributed by atoms with Crippen LogP contribution in [0.3, 0.4) is 0 Å². The maximum absolute atomic E-state index is 5.64. The van der Waals surface area contributed by atoms with Gasteiger partial charge in [-0.1, -0.05) is 6.07 Å². The van der Waals surface area contributed by atoms with E-state index in [0.717, 1.165) is 49.4 Å². The molecular formula is C19H22N6S. The van der Waals surface area contributed by atoms with Crippen LogP contribution in [-0.4, -0.2) is 45.8 Å². The fourth-order valence-corrected chi connectivity index (χ4v) is 3.92. The summed E-state index contributed by atoms with van der Waals surface area (Å²) in [5.41, 5.74) is 7.32. The number of nitrogens with one attached hydrogen (secondary N) is 1. The first kappa shape index (κ1) is 16.9. The molecule has 1 saturated heterocycles. The quantitative estimate of drug-likeness (QED) is 0.651. The second-order valence-corrected chi connectivity index (χ2v) is 7.04. The maximum Gasteiger partial charge on any atom is 0.190 e. The topological polar surface area (TPSA) is 56.6 Å². The van der Waals surface area contributed by atoms with Crippen molar-refractivity contribution in [2.24, 2.45) is 5.10 Å². The van der Waals surface area contributed by atoms with Crippen molar-refractivity contribution in [1.82, 2.24) is 20.3 Å². The highest BCUT2D eigenvalue weighted by atomic mass is 32.1. The van der Waals surface area contributed by atoms with E-state index in [9.17, 15) is 0 Å². The fourth-order valence-electron chi connectivity index (χ4n) is 3.66. The van der Waals surface area contributed by atoms with Gasteiger partial charge in [0.05, 0.1) is 17.4 Å². The van der Waals surface area contributed by atoms with E-state index in [1.807, 2.05) is 24.5 Å². The first-order valence-corrected chi connectivity index (χ1v) is 9.34. The standard InChI is InChI=1S/C19H22N6S/c1-24-12-8-15(18-17(24)6-3-10-21-18)22-23-19(26)25-11-4-7-16(25)14-5-2-9-20-13-14/h2-3,5-6,9-10,13,16H,4,7-8,11-12H2,1H3,(H,23,26)/b22-15-. The molecule has 1 atom stereocenters. The number of hydrogen-bond acceptors (Lipinski definition) is 5. The Morgan fingerprint density at radius 2 is 2.15 bits per heavy atom. The zero-order valence-electron chi connectivity index (χ0n) is 14.8. The van der Waals surface area contributed by atoms with Crippen molar-refractivity contribution in [2.75, 3.05) is 25.0 Å². The number of fused-ring (bicyclic) bond motifs is 1. The Bertz CT molecular complexity index is 822. The molecule has 0 spiro atoms. The van der Waals surface area contributed by atoms with Crippen LogP contribution in [0.25, 0.3) is 0 Å². The Kier molecular flexibility index (Phi) is 4.79. The van der Waals surface area contributed by atoms with Crippen LogP contribution < -0.4 is 10.3 Å². The molecule has 1 fully saturated rings. The molecule has 4 rings (SSSR count). The average molecular weight is 366 g/mol. The first-order chi connectivity index (χ1) is 12.7. The van der Waals surface area contributed by atoms with Crippen LogP contribution in [0, 0.1) is 0 Å². The summed E-state index contributed by atoms with van der Waals surface area (Å²) in [6, 6.07) is 8.39. The minimum absolute atomic E-state index is 0.270. The molecule has 0 saturated carbocycles. The highest BCUT2D eigenvalue weighted by molar-refractivity contribution is 7.80. The lowest BCUT2D eigenvalue weighted by Crippen LogP contribution is -2.38. The molecule has 0 bridgehead atoms. The smallest absolute Gasteiger partial charge is 0.190 e. The van der Waals surface area contributed by atoms with Gasteiger partial charge in [0.2, 0.25) is 0 Å². The number of hydrogen-bond donors (Lipinski definition) is 1. The fraction of sp³-hybridized carbons (Fsp3) is 0.368. The van der Waals surface area contributed by atoms with Crippen LogP contribution in [-0.2, 0) is 0 Å². The molecule has 134 valence electrons. The van der Waals surface area contributed by atoms with Crippen molar-refractivity contribution in [3.05, 3.63) is 54.1 Å². The second kappa shape index (κ2) is 7.37. The van der Waals surface area contributed by atoms with Crippen LogP contribution in [0.4, 0.5) is 5.69 Å². The Morgan fingerprint density at radius 1 is 1.27 bits per heavy atom. The van der Waals surface area contributed by atoms with Gasteiger partial charge in [0.25, 0.3) is 0 Å². The third-order valence-electron chi connectivity index (χ3n) is 5.02. The third-order valence-corrected chi connectivity index (χ3v) is 5.35. The first-order valence-electron chi connectivity index (χ1n) is 8.93. The Morgan fingerprint density at radius 3 is 3.00 bits per heavy atom. The van der Waals surface area contributed by atoms with Gasteiger partial charge in [-0.15, -0.1) is 0 Å². The van der Waals surface area contributed by atoms with Crippen LogP contribution in [0.2, 0.25) is 0 Å². The number of rotatable bonds is 2. The van der Waals surface area contributed by atoms with E-state index in [0.29, 0.717) is 5.11 Å². The van der Waals surface area contributed by atoms with Gasteiger partial charge < -0.3 is 9.80 Å². The molecule has 1 unspecified atom stereocenters. The molecule has 0 aromatic carbocycles. The van der Waals surface area contributed by atoms with E-state index >= 15 is 0 Å². The molecular weight excluding hydrogens is 344 g/mol. The predicted molar refractivity (Wildman–Crippen MR) is 107 cm³/mol. The van der Waals surface area contributed by atoms with Crippen molar-refractivity contribution in [3.8, 4) is 0 Å². The number of likely N-dealkylation sites (tertiary alicyclic amines) is 1. The van der Waals surface area contributed by atoms with Crippen molar-refractivity contribution < 1.29 is 0 Å². The summed E-state index contributed by atoms with van der Waals surface area (Å²) in [6.07, 6.45) is 8.59. The Labute approximate surface area is 158 Å². The zero-order chi connectivity index (χ0) is 17.9. The van der Waals surface area contributed by atoms with Crippen molar-refractivity contribution in [1.29, 1.82) is 0 Å². The van der Waals surface area contributed by atoms with Gasteiger partial charge in [-0.2, -0.15) is 5.10 Å². The summed E-state index contributed by atoms with van der Waals surface area (Å²) < 4.78 is 0. The predicted octanol–water partition coefficient (Wildman–Crippen LogP) is 2.73. The van der Waals surface area contributed by atoms with E-state index < -0.39 is 0 Å². The van der Waals surface area contributed by atoms with Crippen LogP contribution in [0.15, 0.2) is 48.0 Å². The summed E-state index contributed by atoms with van der Waals surface area (Å²) >= 11 is 5.64. The maximum atomic E-state index is 5.64. The van der Waals surface area contributed by atoms with E-state index in [-0.39, 0.29) is 6.04 Å². The minimum atomic E-state index is 0.270. The highest BCUT2D eigenvalue weighted by Gasteiger charge is 2.28. The van der Waals surface area contributed by atoms with Gasteiger partial charge in [-0.05, 0) is 48.8 Å². The molecule has 6 nitrogen and oxygen atoms in total. The molecule has 2 aromatic rings. The summed E-state index contributed by atoms with van der Waals surface area (Å²) in [7, 11) is 2.08. The number of aromatic nitrogens is 2. The number of hydrazone groups is 1. The normalized spacial score (nSPS) is 21.0. The zero-order valence-corrected chi connectivity index (χ0v) is 15.6. The monoisotopic (exact) mass is 366 g/mol. The number of anilines is 1. The molecule has 2 aliphatic heterocycles. The molecule has 0 amide bonds. The summed E-state index contributed by atoms with van der Waals surface area (Å²) in [5, 5.41) is 5.28. The van der Waals surface area contributed by atoms with E-state index in [2.05, 4.69) is 49.5 Å². The van der Waals surface area contributed by atoms with Gasteiger partial charge in [-0.25, -0.2) is 0 Å². The van der Waals surface area contributed by atoms with E-state index in [4.69, 9.17) is 12.2 Å². The number of thiocarbonyl (C=S) groups is 1. The van der Waals surface area contributed by atoms with Crippen LogP contribution >= 0.6 is 12.2 Å². The van der Waals surface area contributed by atoms with Gasteiger partial charge in [0.1, 0.15) is 5.69 Å². The molecule has 2 aromatic heterocycles. The molecule has 1 N–H and O–H groups in total. The summed E-state index contributed by atoms with van der Waals surface area (Å²) in [6.45, 7) is 1.86. The minimum Gasteiger partial charge on any atom is -0.372 e. The largest absolute Gasteiger partial charge is 0.372 e. The lowest BCUT2D eigenvalue weighted by molar-refractivity contribution is 0.394. The highest BCUT2D eigenvalue weighted by Crippen LogP contribution is 2.31. The molecule has 4 heterocycles. The van der Waals surface area contributed by atoms with E-state index in [1.54, 1.807) is 6.20 Å².